The van der Waals surface area contributed by atoms with E-state index in [9.17, 15) is 10.2 Å². The number of methoxy groups -OCH3 is 1. The predicted octanol–water partition coefficient (Wildman–Crippen LogP) is 1.88. The van der Waals surface area contributed by atoms with Crippen molar-refractivity contribution in [2.24, 2.45) is 0 Å². The number of hydrogen-bond donors (Lipinski definition) is 2. The molecular formula is C21H34N2O4. The normalized spacial score (nSPS) is 20.0. The van der Waals surface area contributed by atoms with Gasteiger partial charge in [0.05, 0.1) is 13.2 Å². The van der Waals surface area contributed by atoms with E-state index in [4.69, 9.17) is 9.47 Å². The number of likely N-dealkylation sites (tertiary alicyclic amines) is 1. The van der Waals surface area contributed by atoms with E-state index < -0.39 is 6.10 Å². The minimum atomic E-state index is -0.541. The Labute approximate surface area is 162 Å². The second-order valence-electron chi connectivity index (χ2n) is 7.76. The number of aliphatic hydroxyl groups is 2. The zero-order chi connectivity index (χ0) is 19.2. The van der Waals surface area contributed by atoms with Crippen molar-refractivity contribution in [1.29, 1.82) is 0 Å². The van der Waals surface area contributed by atoms with E-state index in [2.05, 4.69) is 16.7 Å². The second kappa shape index (κ2) is 9.73. The van der Waals surface area contributed by atoms with Gasteiger partial charge in [0.1, 0.15) is 24.2 Å². The first-order valence-electron chi connectivity index (χ1n) is 10.2. The topological polar surface area (TPSA) is 65.4 Å². The Morgan fingerprint density at radius 1 is 1.22 bits per heavy atom. The highest BCUT2D eigenvalue weighted by Gasteiger charge is 2.28. The highest BCUT2D eigenvalue weighted by Crippen LogP contribution is 2.31. The Bertz CT molecular complexity index is 586. The summed E-state index contributed by atoms with van der Waals surface area (Å²) < 4.78 is 11.4. The molecule has 1 aromatic carbocycles. The van der Waals surface area contributed by atoms with E-state index in [1.165, 1.54) is 12.8 Å². The third-order valence-corrected chi connectivity index (χ3v) is 5.57. The minimum absolute atomic E-state index is 0.190. The van der Waals surface area contributed by atoms with Gasteiger partial charge in [-0.25, -0.2) is 0 Å². The number of benzene rings is 1. The predicted molar refractivity (Wildman–Crippen MR) is 105 cm³/mol. The lowest BCUT2D eigenvalue weighted by Crippen LogP contribution is -2.41. The minimum Gasteiger partial charge on any atom is -0.497 e. The van der Waals surface area contributed by atoms with E-state index >= 15 is 0 Å². The summed E-state index contributed by atoms with van der Waals surface area (Å²) in [7, 11) is 1.68. The Morgan fingerprint density at radius 3 is 2.59 bits per heavy atom. The van der Waals surface area contributed by atoms with Gasteiger partial charge in [-0.2, -0.15) is 0 Å². The molecule has 1 atom stereocenters. The SMILES string of the molecule is CCN(Cc1cc(OC)ccc1OC[C@@H](O)CN1CCC(O)CC1)C1CC1. The van der Waals surface area contributed by atoms with Crippen LogP contribution in [-0.2, 0) is 6.54 Å². The van der Waals surface area contributed by atoms with Crippen LogP contribution in [-0.4, -0.2) is 78.2 Å². The molecule has 2 aliphatic rings. The van der Waals surface area contributed by atoms with Crippen LogP contribution < -0.4 is 9.47 Å². The summed E-state index contributed by atoms with van der Waals surface area (Å²) in [5.74, 6) is 1.65. The van der Waals surface area contributed by atoms with E-state index in [0.29, 0.717) is 12.6 Å². The average Bonchev–Trinajstić information content (AvgIpc) is 3.51. The van der Waals surface area contributed by atoms with Crippen molar-refractivity contribution in [2.75, 3.05) is 39.9 Å². The van der Waals surface area contributed by atoms with Crippen molar-refractivity contribution in [3.05, 3.63) is 23.8 Å². The molecule has 6 heteroatoms. The lowest BCUT2D eigenvalue weighted by molar-refractivity contribution is 0.0335. The molecule has 0 aromatic heterocycles. The summed E-state index contributed by atoms with van der Waals surface area (Å²) in [6, 6.07) is 6.58. The van der Waals surface area contributed by atoms with Gasteiger partial charge in [0, 0.05) is 37.8 Å². The van der Waals surface area contributed by atoms with Gasteiger partial charge in [-0.3, -0.25) is 4.90 Å². The molecular weight excluding hydrogens is 344 g/mol. The summed E-state index contributed by atoms with van der Waals surface area (Å²) in [6.07, 6.45) is 3.38. The number of rotatable bonds is 10. The smallest absolute Gasteiger partial charge is 0.124 e. The van der Waals surface area contributed by atoms with Crippen LogP contribution in [0.15, 0.2) is 18.2 Å². The summed E-state index contributed by atoms with van der Waals surface area (Å²) >= 11 is 0. The molecule has 1 aliphatic carbocycles. The van der Waals surface area contributed by atoms with Crippen LogP contribution in [0.5, 0.6) is 11.5 Å². The fourth-order valence-electron chi connectivity index (χ4n) is 3.74. The Kier molecular flexibility index (Phi) is 7.35. The molecule has 3 rings (SSSR count). The van der Waals surface area contributed by atoms with Gasteiger partial charge in [-0.1, -0.05) is 6.92 Å². The number of piperidine rings is 1. The molecule has 1 aliphatic heterocycles. The standard InChI is InChI=1S/C21H34N2O4/c1-3-23(17-4-5-17)13-16-12-20(26-2)6-7-21(16)27-15-19(25)14-22-10-8-18(24)9-11-22/h6-7,12,17-19,24-25H,3-5,8-11,13-15H2,1-2H3/t19-/m0/s1. The maximum absolute atomic E-state index is 10.4. The Hall–Kier alpha value is -1.34. The first-order valence-corrected chi connectivity index (χ1v) is 10.2. The van der Waals surface area contributed by atoms with Gasteiger partial charge < -0.3 is 24.6 Å². The fraction of sp³-hybridized carbons (Fsp3) is 0.714. The Balaban J connectivity index is 1.56. The number of β-amino-alcohol motifs (C(OH)–C–C–N with tert-alkyl or cyclic N) is 1. The van der Waals surface area contributed by atoms with E-state index in [0.717, 1.165) is 56.1 Å². The molecule has 2 fully saturated rings. The molecule has 0 radical (unpaired) electrons. The van der Waals surface area contributed by atoms with Gasteiger partial charge in [0.2, 0.25) is 0 Å². The molecule has 27 heavy (non-hydrogen) atoms. The number of hydrogen-bond acceptors (Lipinski definition) is 6. The van der Waals surface area contributed by atoms with Gasteiger partial charge in [-0.15, -0.1) is 0 Å². The van der Waals surface area contributed by atoms with E-state index in [1.54, 1.807) is 7.11 Å². The molecule has 152 valence electrons. The van der Waals surface area contributed by atoms with Crippen LogP contribution in [0.1, 0.15) is 38.2 Å². The third kappa shape index (κ3) is 6.07. The maximum Gasteiger partial charge on any atom is 0.124 e. The third-order valence-electron chi connectivity index (χ3n) is 5.57. The fourth-order valence-corrected chi connectivity index (χ4v) is 3.74. The van der Waals surface area contributed by atoms with Crippen molar-refractivity contribution in [2.45, 2.75) is 57.4 Å². The zero-order valence-corrected chi connectivity index (χ0v) is 16.6. The lowest BCUT2D eigenvalue weighted by Gasteiger charge is -2.31. The summed E-state index contributed by atoms with van der Waals surface area (Å²) in [6.45, 7) is 6.57. The van der Waals surface area contributed by atoms with Crippen molar-refractivity contribution >= 4 is 0 Å². The average molecular weight is 379 g/mol. The van der Waals surface area contributed by atoms with Gasteiger partial charge in [-0.05, 0) is 50.4 Å². The highest BCUT2D eigenvalue weighted by atomic mass is 16.5. The van der Waals surface area contributed by atoms with Crippen molar-refractivity contribution in [3.8, 4) is 11.5 Å². The summed E-state index contributed by atoms with van der Waals surface area (Å²) in [5.41, 5.74) is 1.11. The molecule has 0 bridgehead atoms. The van der Waals surface area contributed by atoms with Gasteiger partial charge in [0.25, 0.3) is 0 Å². The lowest BCUT2D eigenvalue weighted by atomic mass is 10.1. The molecule has 0 unspecified atom stereocenters. The largest absolute Gasteiger partial charge is 0.497 e. The van der Waals surface area contributed by atoms with Crippen LogP contribution in [0.3, 0.4) is 0 Å². The number of nitrogens with zero attached hydrogens (tertiary/aromatic N) is 2. The zero-order valence-electron chi connectivity index (χ0n) is 16.6. The summed E-state index contributed by atoms with van der Waals surface area (Å²) in [4.78, 5) is 4.67. The molecule has 2 N–H and O–H groups in total. The van der Waals surface area contributed by atoms with Gasteiger partial charge >= 0.3 is 0 Å². The first kappa shape index (κ1) is 20.4. The quantitative estimate of drug-likeness (QED) is 0.648. The van der Waals surface area contributed by atoms with Crippen LogP contribution >= 0.6 is 0 Å². The first-order chi connectivity index (χ1) is 13.1. The second-order valence-corrected chi connectivity index (χ2v) is 7.76. The molecule has 6 nitrogen and oxygen atoms in total. The molecule has 0 amide bonds. The van der Waals surface area contributed by atoms with E-state index in [-0.39, 0.29) is 12.7 Å². The van der Waals surface area contributed by atoms with Crippen LogP contribution in [0.2, 0.25) is 0 Å². The molecule has 1 saturated heterocycles. The van der Waals surface area contributed by atoms with E-state index in [1.807, 2.05) is 18.2 Å². The Morgan fingerprint density at radius 2 is 1.96 bits per heavy atom. The molecule has 0 spiro atoms. The molecule has 1 aromatic rings. The van der Waals surface area contributed by atoms with Gasteiger partial charge in [0.15, 0.2) is 0 Å². The summed E-state index contributed by atoms with van der Waals surface area (Å²) in [5, 5.41) is 20.0. The van der Waals surface area contributed by atoms with Crippen molar-refractivity contribution in [1.82, 2.24) is 9.80 Å². The number of ether oxygens (including phenoxy) is 2. The van der Waals surface area contributed by atoms with Crippen LogP contribution in [0.4, 0.5) is 0 Å². The molecule has 1 heterocycles. The maximum atomic E-state index is 10.4. The number of aliphatic hydroxyl groups excluding tert-OH is 2. The van der Waals surface area contributed by atoms with Crippen LogP contribution in [0.25, 0.3) is 0 Å². The van der Waals surface area contributed by atoms with Crippen molar-refractivity contribution in [3.63, 3.8) is 0 Å². The highest BCUT2D eigenvalue weighted by molar-refractivity contribution is 5.40. The van der Waals surface area contributed by atoms with Crippen molar-refractivity contribution < 1.29 is 19.7 Å². The monoisotopic (exact) mass is 378 g/mol. The van der Waals surface area contributed by atoms with Crippen LogP contribution in [0, 0.1) is 0 Å². The molecule has 1 saturated carbocycles.